The molecule has 1 aromatic heterocycles. The van der Waals surface area contributed by atoms with Crippen molar-refractivity contribution in [1.29, 1.82) is 0 Å². The SMILES string of the molecule is NC[C@@H]1CN(Cc2cnc(N3CCOCC3)s2)C[C@H]1c1ccccc1. The van der Waals surface area contributed by atoms with Crippen LogP contribution < -0.4 is 10.6 Å². The number of benzene rings is 1. The van der Waals surface area contributed by atoms with Crippen LogP contribution in [0.25, 0.3) is 0 Å². The van der Waals surface area contributed by atoms with Crippen LogP contribution in [0.1, 0.15) is 16.4 Å². The molecule has 2 atom stereocenters. The summed E-state index contributed by atoms with van der Waals surface area (Å²) in [6, 6.07) is 10.8. The number of aromatic nitrogens is 1. The Morgan fingerprint density at radius 3 is 2.72 bits per heavy atom. The fourth-order valence-corrected chi connectivity index (χ4v) is 4.90. The van der Waals surface area contributed by atoms with Gasteiger partial charge >= 0.3 is 0 Å². The van der Waals surface area contributed by atoms with Gasteiger partial charge in [0.2, 0.25) is 0 Å². The molecule has 25 heavy (non-hydrogen) atoms. The van der Waals surface area contributed by atoms with Crippen LogP contribution in [0.4, 0.5) is 5.13 Å². The molecule has 2 aliphatic rings. The molecule has 134 valence electrons. The van der Waals surface area contributed by atoms with Crippen molar-refractivity contribution in [3.8, 4) is 0 Å². The number of nitrogens with zero attached hydrogens (tertiary/aromatic N) is 3. The van der Waals surface area contributed by atoms with E-state index in [1.807, 2.05) is 17.5 Å². The van der Waals surface area contributed by atoms with Crippen LogP contribution in [0.3, 0.4) is 0 Å². The van der Waals surface area contributed by atoms with Crippen LogP contribution in [0, 0.1) is 5.92 Å². The Balaban J connectivity index is 1.40. The number of anilines is 1. The van der Waals surface area contributed by atoms with Gasteiger partial charge in [0.15, 0.2) is 5.13 Å². The summed E-state index contributed by atoms with van der Waals surface area (Å²) in [6.45, 7) is 7.37. The summed E-state index contributed by atoms with van der Waals surface area (Å²) in [5.74, 6) is 1.08. The molecule has 2 N–H and O–H groups in total. The molecular weight excluding hydrogens is 332 g/mol. The smallest absolute Gasteiger partial charge is 0.185 e. The van der Waals surface area contributed by atoms with E-state index in [0.29, 0.717) is 11.8 Å². The van der Waals surface area contributed by atoms with Gasteiger partial charge in [-0.05, 0) is 18.0 Å². The fourth-order valence-electron chi connectivity index (χ4n) is 3.90. The molecular formula is C19H26N4OS. The number of hydrogen-bond donors (Lipinski definition) is 1. The predicted molar refractivity (Wildman–Crippen MR) is 102 cm³/mol. The highest BCUT2D eigenvalue weighted by molar-refractivity contribution is 7.15. The molecule has 0 radical (unpaired) electrons. The molecule has 4 rings (SSSR count). The fraction of sp³-hybridized carbons (Fsp3) is 0.526. The summed E-state index contributed by atoms with van der Waals surface area (Å²) in [5.41, 5.74) is 7.48. The lowest BCUT2D eigenvalue weighted by Gasteiger charge is -2.26. The van der Waals surface area contributed by atoms with Crippen molar-refractivity contribution >= 4 is 16.5 Å². The Morgan fingerprint density at radius 1 is 1.16 bits per heavy atom. The van der Waals surface area contributed by atoms with Crippen LogP contribution in [0.15, 0.2) is 36.5 Å². The standard InChI is InChI=1S/C19H26N4OS/c20-10-16-12-22(14-18(16)15-4-2-1-3-5-15)13-17-11-21-19(25-17)23-6-8-24-9-7-23/h1-5,11,16,18H,6-10,12-14,20H2/t16-,18+/m1/s1. The summed E-state index contributed by atoms with van der Waals surface area (Å²) >= 11 is 1.82. The molecule has 2 aromatic rings. The topological polar surface area (TPSA) is 54.6 Å². The second-order valence-corrected chi connectivity index (χ2v) is 8.01. The highest BCUT2D eigenvalue weighted by Crippen LogP contribution is 2.34. The Morgan fingerprint density at radius 2 is 1.96 bits per heavy atom. The molecule has 2 aliphatic heterocycles. The van der Waals surface area contributed by atoms with Gasteiger partial charge in [-0.15, -0.1) is 11.3 Å². The van der Waals surface area contributed by atoms with Crippen LogP contribution in [0.2, 0.25) is 0 Å². The first-order chi connectivity index (χ1) is 12.3. The van der Waals surface area contributed by atoms with Crippen LogP contribution >= 0.6 is 11.3 Å². The third-order valence-electron chi connectivity index (χ3n) is 5.25. The summed E-state index contributed by atoms with van der Waals surface area (Å²) in [5, 5.41) is 1.13. The zero-order valence-electron chi connectivity index (χ0n) is 14.5. The monoisotopic (exact) mass is 358 g/mol. The van der Waals surface area contributed by atoms with E-state index >= 15 is 0 Å². The molecule has 5 nitrogen and oxygen atoms in total. The van der Waals surface area contributed by atoms with E-state index in [0.717, 1.165) is 57.6 Å². The maximum atomic E-state index is 6.06. The summed E-state index contributed by atoms with van der Waals surface area (Å²) in [6.07, 6.45) is 2.04. The van der Waals surface area contributed by atoms with Crippen molar-refractivity contribution in [2.45, 2.75) is 12.5 Å². The molecule has 3 heterocycles. The summed E-state index contributed by atoms with van der Waals surface area (Å²) < 4.78 is 5.43. The molecule has 6 heteroatoms. The number of morpholine rings is 1. The van der Waals surface area contributed by atoms with Crippen molar-refractivity contribution in [2.24, 2.45) is 11.7 Å². The molecule has 0 bridgehead atoms. The average Bonchev–Trinajstić information content (AvgIpc) is 3.30. The molecule has 0 unspecified atom stereocenters. The largest absolute Gasteiger partial charge is 0.378 e. The quantitative estimate of drug-likeness (QED) is 0.888. The second-order valence-electron chi connectivity index (χ2n) is 6.92. The van der Waals surface area contributed by atoms with Gasteiger partial charge in [-0.2, -0.15) is 0 Å². The third kappa shape index (κ3) is 3.87. The number of likely N-dealkylation sites (tertiary alicyclic amines) is 1. The third-order valence-corrected chi connectivity index (χ3v) is 6.29. The Hall–Kier alpha value is -1.47. The van der Waals surface area contributed by atoms with Crippen molar-refractivity contribution in [3.63, 3.8) is 0 Å². The highest BCUT2D eigenvalue weighted by atomic mass is 32.1. The minimum absolute atomic E-state index is 0.536. The first-order valence-electron chi connectivity index (χ1n) is 9.08. The maximum absolute atomic E-state index is 6.06. The van der Waals surface area contributed by atoms with Crippen molar-refractivity contribution in [3.05, 3.63) is 47.0 Å². The first kappa shape index (κ1) is 17.0. The van der Waals surface area contributed by atoms with Crippen molar-refractivity contribution < 1.29 is 4.74 Å². The van der Waals surface area contributed by atoms with E-state index in [2.05, 4.69) is 45.1 Å². The maximum Gasteiger partial charge on any atom is 0.185 e. The Kier molecular flexibility index (Phi) is 5.31. The second kappa shape index (κ2) is 7.83. The van der Waals surface area contributed by atoms with Gasteiger partial charge in [0, 0.05) is 49.7 Å². The van der Waals surface area contributed by atoms with Crippen molar-refractivity contribution in [1.82, 2.24) is 9.88 Å². The van der Waals surface area contributed by atoms with Gasteiger partial charge in [-0.3, -0.25) is 4.90 Å². The van der Waals surface area contributed by atoms with Crippen LogP contribution in [0.5, 0.6) is 0 Å². The number of nitrogens with two attached hydrogens (primary N) is 1. The summed E-state index contributed by atoms with van der Waals surface area (Å²) in [7, 11) is 0. The van der Waals surface area contributed by atoms with Gasteiger partial charge in [0.25, 0.3) is 0 Å². The summed E-state index contributed by atoms with van der Waals surface area (Å²) in [4.78, 5) is 10.8. The minimum atomic E-state index is 0.536. The molecule has 0 saturated carbocycles. The highest BCUT2D eigenvalue weighted by Gasteiger charge is 2.33. The van der Waals surface area contributed by atoms with Gasteiger partial charge in [-0.1, -0.05) is 30.3 Å². The van der Waals surface area contributed by atoms with Crippen LogP contribution in [-0.2, 0) is 11.3 Å². The molecule has 0 amide bonds. The van der Waals surface area contributed by atoms with E-state index in [1.54, 1.807) is 0 Å². The van der Waals surface area contributed by atoms with Crippen LogP contribution in [-0.4, -0.2) is 55.8 Å². The van der Waals surface area contributed by atoms with Crippen molar-refractivity contribution in [2.75, 3.05) is 50.8 Å². The van der Waals surface area contributed by atoms with E-state index in [1.165, 1.54) is 10.4 Å². The minimum Gasteiger partial charge on any atom is -0.378 e. The lowest BCUT2D eigenvalue weighted by molar-refractivity contribution is 0.122. The van der Waals surface area contributed by atoms with E-state index < -0.39 is 0 Å². The molecule has 0 aliphatic carbocycles. The molecule has 1 aromatic carbocycles. The zero-order valence-corrected chi connectivity index (χ0v) is 15.3. The molecule has 2 saturated heterocycles. The van der Waals surface area contributed by atoms with Gasteiger partial charge in [0.1, 0.15) is 0 Å². The normalized spacial score (nSPS) is 24.8. The lowest BCUT2D eigenvalue weighted by atomic mass is 9.89. The molecule has 0 spiro atoms. The van der Waals surface area contributed by atoms with Gasteiger partial charge in [-0.25, -0.2) is 4.98 Å². The predicted octanol–water partition coefficient (Wildman–Crippen LogP) is 2.15. The Labute approximate surface area is 153 Å². The average molecular weight is 359 g/mol. The number of rotatable bonds is 5. The van der Waals surface area contributed by atoms with E-state index in [9.17, 15) is 0 Å². The van der Waals surface area contributed by atoms with Gasteiger partial charge < -0.3 is 15.4 Å². The van der Waals surface area contributed by atoms with Gasteiger partial charge in [0.05, 0.1) is 13.2 Å². The van der Waals surface area contributed by atoms with E-state index in [4.69, 9.17) is 10.5 Å². The Bertz CT molecular complexity index is 671. The zero-order chi connectivity index (χ0) is 17.1. The number of ether oxygens (including phenoxy) is 1. The first-order valence-corrected chi connectivity index (χ1v) is 9.90. The number of hydrogen-bond acceptors (Lipinski definition) is 6. The molecule has 2 fully saturated rings. The number of thiazole rings is 1. The lowest BCUT2D eigenvalue weighted by Crippen LogP contribution is -2.36. The van der Waals surface area contributed by atoms with E-state index in [-0.39, 0.29) is 0 Å².